The Bertz CT molecular complexity index is 2020. The number of phenolic OH excluding ortho intramolecular Hbond substituents is 1. The number of carbonyl (C=O) groups excluding carboxylic acids is 1. The lowest BCUT2D eigenvalue weighted by molar-refractivity contribution is -0.158. The van der Waals surface area contributed by atoms with Crippen LogP contribution in [0.4, 0.5) is 36.3 Å². The molecule has 1 spiro atoms. The van der Waals surface area contributed by atoms with E-state index in [4.69, 9.17) is 16.6 Å². The predicted octanol–water partition coefficient (Wildman–Crippen LogP) is 9.85. The zero-order valence-corrected chi connectivity index (χ0v) is 28.8. The van der Waals surface area contributed by atoms with Crippen LogP contribution in [0.1, 0.15) is 39.2 Å². The Morgan fingerprint density at radius 3 is 2.49 bits per heavy atom. The summed E-state index contributed by atoms with van der Waals surface area (Å²) in [4.78, 5) is 22.9. The second-order valence-electron chi connectivity index (χ2n) is 13.0. The normalized spacial score (nSPS) is 15.9. The number of thiazole rings is 1. The van der Waals surface area contributed by atoms with E-state index in [-0.39, 0.29) is 16.9 Å². The van der Waals surface area contributed by atoms with Crippen LogP contribution in [0.2, 0.25) is 5.02 Å². The molecule has 0 aliphatic carbocycles. The van der Waals surface area contributed by atoms with Crippen LogP contribution in [0, 0.1) is 0 Å². The maximum Gasteiger partial charge on any atom is 0.394 e. The highest BCUT2D eigenvalue weighted by Gasteiger charge is 2.48. The van der Waals surface area contributed by atoms with E-state index in [1.807, 2.05) is 48.5 Å². The molecule has 3 N–H and O–H groups in total. The van der Waals surface area contributed by atoms with Crippen molar-refractivity contribution in [1.82, 2.24) is 9.88 Å². The number of nitrogens with one attached hydrogen (secondary N) is 2. The molecule has 0 saturated carbocycles. The van der Waals surface area contributed by atoms with Gasteiger partial charge in [0.1, 0.15) is 16.5 Å². The van der Waals surface area contributed by atoms with Crippen molar-refractivity contribution in [2.45, 2.75) is 51.2 Å². The number of aromatic hydroxyl groups is 1. The van der Waals surface area contributed by atoms with Gasteiger partial charge in [0, 0.05) is 41.2 Å². The van der Waals surface area contributed by atoms with Crippen molar-refractivity contribution in [2.75, 3.05) is 35.2 Å². The molecule has 0 unspecified atom stereocenters. The number of piperidine rings is 1. The largest absolute Gasteiger partial charge is 0.506 e. The van der Waals surface area contributed by atoms with E-state index < -0.39 is 12.1 Å². The molecule has 254 valence electrons. The topological polar surface area (TPSA) is 90.0 Å². The van der Waals surface area contributed by atoms with Gasteiger partial charge in [0.05, 0.1) is 27.3 Å². The van der Waals surface area contributed by atoms with E-state index in [1.165, 1.54) is 24.3 Å². The van der Waals surface area contributed by atoms with Crippen LogP contribution in [-0.4, -0.2) is 52.8 Å². The van der Waals surface area contributed by atoms with Crippen molar-refractivity contribution < 1.29 is 23.4 Å². The van der Waals surface area contributed by atoms with Crippen LogP contribution >= 0.6 is 22.9 Å². The second-order valence-corrected chi connectivity index (χ2v) is 14.5. The second kappa shape index (κ2) is 12.8. The summed E-state index contributed by atoms with van der Waals surface area (Å²) in [6.07, 6.45) is -1.53. The molecule has 1 saturated heterocycles. The number of ether oxygens (including phenoxy) is 1. The quantitative estimate of drug-likeness (QED) is 0.156. The molecule has 1 fully saturated rings. The Kier molecular flexibility index (Phi) is 8.62. The lowest BCUT2D eigenvalue weighted by Gasteiger charge is -2.42. The number of urea groups is 1. The SMILES string of the molecule is CC(C)N1CCC2(CC1)CN(c1ccccc1NC(=O)Nc1ccc(OC(C)(F)F)cc1)c1c(O)ccc(-c3nc4cc(Cl)ccc4s3)c12. The van der Waals surface area contributed by atoms with Crippen LogP contribution in [0.15, 0.2) is 78.9 Å². The highest BCUT2D eigenvalue weighted by molar-refractivity contribution is 7.21. The summed E-state index contributed by atoms with van der Waals surface area (Å²) in [5.41, 5.74) is 5.02. The Hall–Kier alpha value is -4.45. The van der Waals surface area contributed by atoms with Gasteiger partial charge < -0.3 is 30.3 Å². The Balaban J connectivity index is 1.25. The third-order valence-electron chi connectivity index (χ3n) is 9.34. The third-order valence-corrected chi connectivity index (χ3v) is 10.6. The van der Waals surface area contributed by atoms with Gasteiger partial charge in [0.15, 0.2) is 0 Å². The number of aromatic nitrogens is 1. The summed E-state index contributed by atoms with van der Waals surface area (Å²) >= 11 is 7.92. The van der Waals surface area contributed by atoms with Gasteiger partial charge in [0.2, 0.25) is 0 Å². The number of halogens is 3. The molecule has 1 aromatic heterocycles. The third kappa shape index (κ3) is 6.62. The number of hydrogen-bond acceptors (Lipinski definition) is 7. The zero-order chi connectivity index (χ0) is 34.5. The van der Waals surface area contributed by atoms with Gasteiger partial charge in [-0.05, 0) is 112 Å². The molecule has 2 amide bonds. The molecular weight excluding hydrogens is 668 g/mol. The lowest BCUT2D eigenvalue weighted by Crippen LogP contribution is -2.47. The first kappa shape index (κ1) is 33.1. The molecule has 2 aliphatic rings. The number of hydrogen-bond donors (Lipinski definition) is 3. The number of amides is 2. The van der Waals surface area contributed by atoms with E-state index in [0.29, 0.717) is 41.6 Å². The molecule has 0 bridgehead atoms. The lowest BCUT2D eigenvalue weighted by atomic mass is 9.72. The van der Waals surface area contributed by atoms with Crippen LogP contribution in [-0.2, 0) is 5.41 Å². The molecule has 12 heteroatoms. The number of benzene rings is 4. The molecular formula is C37H36ClF2N5O3S. The number of rotatable bonds is 7. The van der Waals surface area contributed by atoms with Crippen molar-refractivity contribution in [3.63, 3.8) is 0 Å². The van der Waals surface area contributed by atoms with Gasteiger partial charge in [-0.3, -0.25) is 0 Å². The Labute approximate surface area is 292 Å². The minimum atomic E-state index is -3.31. The summed E-state index contributed by atoms with van der Waals surface area (Å²) in [6, 6.07) is 22.6. The molecule has 2 aliphatic heterocycles. The minimum Gasteiger partial charge on any atom is -0.506 e. The van der Waals surface area contributed by atoms with Gasteiger partial charge in [-0.15, -0.1) is 11.3 Å². The Morgan fingerprint density at radius 2 is 1.78 bits per heavy atom. The minimum absolute atomic E-state index is 0.0153. The maximum atomic E-state index is 13.3. The zero-order valence-electron chi connectivity index (χ0n) is 27.3. The first-order chi connectivity index (χ1) is 23.4. The van der Waals surface area contributed by atoms with Crippen molar-refractivity contribution >= 4 is 61.9 Å². The average Bonchev–Trinajstić information content (AvgIpc) is 3.62. The fourth-order valence-corrected chi connectivity index (χ4v) is 8.18. The Morgan fingerprint density at radius 1 is 1.04 bits per heavy atom. The van der Waals surface area contributed by atoms with E-state index in [0.717, 1.165) is 58.0 Å². The molecule has 0 atom stereocenters. The van der Waals surface area contributed by atoms with Gasteiger partial charge >= 0.3 is 12.1 Å². The summed E-state index contributed by atoms with van der Waals surface area (Å²) in [7, 11) is 0. The van der Waals surface area contributed by atoms with Crippen LogP contribution in [0.25, 0.3) is 20.8 Å². The first-order valence-electron chi connectivity index (χ1n) is 16.2. The van der Waals surface area contributed by atoms with Crippen LogP contribution in [0.3, 0.4) is 0 Å². The molecule has 0 radical (unpaired) electrons. The van der Waals surface area contributed by atoms with E-state index >= 15 is 0 Å². The average molecular weight is 704 g/mol. The maximum absolute atomic E-state index is 13.3. The van der Waals surface area contributed by atoms with Gasteiger partial charge in [-0.25, -0.2) is 9.78 Å². The van der Waals surface area contributed by atoms with E-state index in [2.05, 4.69) is 39.0 Å². The molecule has 3 heterocycles. The standard InChI is InChI=1S/C37H36ClF2N5O3S/c1-22(2)44-18-16-37(17-19-44)21-45(33-30(46)14-13-26(32(33)37)34-42-28-20-23(38)8-15-31(28)49-34)29-7-5-4-6-27(29)43-35(47)41-24-9-11-25(12-10-24)48-36(3,39)40/h4-15,20,22,46H,16-19,21H2,1-3H3,(H2,41,43,47). The molecule has 5 aromatic rings. The number of phenols is 1. The number of alkyl halides is 2. The smallest absolute Gasteiger partial charge is 0.394 e. The van der Waals surface area contributed by atoms with Gasteiger partial charge in [-0.1, -0.05) is 23.7 Å². The molecule has 8 nitrogen and oxygen atoms in total. The van der Waals surface area contributed by atoms with Crippen molar-refractivity contribution in [3.05, 3.63) is 89.4 Å². The van der Waals surface area contributed by atoms with E-state index in [9.17, 15) is 18.7 Å². The summed E-state index contributed by atoms with van der Waals surface area (Å²) in [6.45, 7) is 7.54. The van der Waals surface area contributed by atoms with Crippen molar-refractivity contribution in [2.24, 2.45) is 0 Å². The molecule has 7 rings (SSSR count). The highest BCUT2D eigenvalue weighted by Crippen LogP contribution is 2.57. The van der Waals surface area contributed by atoms with Gasteiger partial charge in [0.25, 0.3) is 0 Å². The summed E-state index contributed by atoms with van der Waals surface area (Å²) in [5.74, 6) is 0.142. The van der Waals surface area contributed by atoms with Crippen molar-refractivity contribution in [3.8, 4) is 22.1 Å². The number of anilines is 4. The highest BCUT2D eigenvalue weighted by atomic mass is 35.5. The first-order valence-corrected chi connectivity index (χ1v) is 17.4. The monoisotopic (exact) mass is 703 g/mol. The number of para-hydroxylation sites is 2. The number of nitrogens with zero attached hydrogens (tertiary/aromatic N) is 3. The number of carbonyl (C=O) groups is 1. The van der Waals surface area contributed by atoms with Crippen LogP contribution < -0.4 is 20.3 Å². The molecule has 4 aromatic carbocycles. The number of likely N-dealkylation sites (tertiary alicyclic amines) is 1. The summed E-state index contributed by atoms with van der Waals surface area (Å²) < 4.78 is 32.1. The van der Waals surface area contributed by atoms with Crippen molar-refractivity contribution in [1.29, 1.82) is 0 Å². The number of fused-ring (bicyclic) bond motifs is 3. The molecule has 49 heavy (non-hydrogen) atoms. The van der Waals surface area contributed by atoms with Crippen LogP contribution in [0.5, 0.6) is 11.5 Å². The fourth-order valence-electron chi connectivity index (χ4n) is 7.04. The summed E-state index contributed by atoms with van der Waals surface area (Å²) in [5, 5.41) is 18.8. The fraction of sp³-hybridized carbons (Fsp3) is 0.297. The van der Waals surface area contributed by atoms with Gasteiger partial charge in [-0.2, -0.15) is 8.78 Å². The van der Waals surface area contributed by atoms with E-state index in [1.54, 1.807) is 17.4 Å². The predicted molar refractivity (Wildman–Crippen MR) is 193 cm³/mol.